The Bertz CT molecular complexity index is 1740. The summed E-state index contributed by atoms with van der Waals surface area (Å²) in [6.07, 6.45) is -3.59. The van der Waals surface area contributed by atoms with E-state index in [1.807, 2.05) is 132 Å². The number of hydrogen-bond donors (Lipinski definition) is 0. The topological polar surface area (TPSA) is 109 Å². The first kappa shape index (κ1) is 41.2. The van der Waals surface area contributed by atoms with Crippen LogP contribution in [0.4, 0.5) is 0 Å². The van der Waals surface area contributed by atoms with Crippen molar-refractivity contribution in [2.75, 3.05) is 13.2 Å². The second kappa shape index (κ2) is 18.3. The molecule has 12 heteroatoms. The van der Waals surface area contributed by atoms with Gasteiger partial charge in [-0.1, -0.05) is 97.1 Å². The van der Waals surface area contributed by atoms with Crippen molar-refractivity contribution in [2.24, 2.45) is 0 Å². The molecule has 0 amide bonds. The van der Waals surface area contributed by atoms with Crippen LogP contribution >= 0.6 is 11.8 Å². The van der Waals surface area contributed by atoms with E-state index >= 15 is 0 Å². The first-order valence-corrected chi connectivity index (χ1v) is 20.3. The number of fused-ring (bicyclic) bond motifs is 3. The maximum absolute atomic E-state index is 13.0. The summed E-state index contributed by atoms with van der Waals surface area (Å²) in [6, 6.07) is 30.0. The quantitative estimate of drug-likeness (QED) is 0.138. The van der Waals surface area contributed by atoms with Gasteiger partial charge in [-0.3, -0.25) is 4.79 Å². The molecule has 0 N–H and O–H groups in total. The van der Waals surface area contributed by atoms with E-state index in [-0.39, 0.29) is 19.0 Å². The highest BCUT2D eigenvalue weighted by molar-refractivity contribution is 8.04. The fourth-order valence-corrected chi connectivity index (χ4v) is 8.80. The summed E-state index contributed by atoms with van der Waals surface area (Å²) in [5.41, 5.74) is 3.03. The lowest BCUT2D eigenvalue weighted by molar-refractivity contribution is -0.293. The lowest BCUT2D eigenvalue weighted by Gasteiger charge is -2.46. The minimum atomic E-state index is -0.885. The average Bonchev–Trinajstić information content (AvgIpc) is 3.69. The number of Topliss-reactive ketones (excluding diaryl/α,β-unsaturated/α-hetero) is 1. The van der Waals surface area contributed by atoms with E-state index in [9.17, 15) is 4.79 Å². The number of thioether (sulfide) groups is 1. The van der Waals surface area contributed by atoms with E-state index in [1.54, 1.807) is 6.92 Å². The van der Waals surface area contributed by atoms with Gasteiger partial charge in [-0.2, -0.15) is 0 Å². The third-order valence-electron chi connectivity index (χ3n) is 10.1. The molecule has 0 unspecified atom stereocenters. The van der Waals surface area contributed by atoms with Crippen LogP contribution in [0.3, 0.4) is 0 Å². The molecule has 3 aromatic rings. The molecule has 4 heterocycles. The van der Waals surface area contributed by atoms with Gasteiger partial charge in [0.25, 0.3) is 0 Å². The summed E-state index contributed by atoms with van der Waals surface area (Å²) in [4.78, 5) is 13.5. The number of ether oxygens (including phenoxy) is 10. The van der Waals surface area contributed by atoms with Crippen LogP contribution in [0.2, 0.25) is 0 Å². The number of rotatable bonds is 16. The van der Waals surface area contributed by atoms with Gasteiger partial charge in [-0.15, -0.1) is 11.8 Å². The third-order valence-corrected chi connectivity index (χ3v) is 11.6. The first-order chi connectivity index (χ1) is 27.0. The molecule has 0 bridgehead atoms. The normalized spacial score (nSPS) is 32.1. The first-order valence-electron chi connectivity index (χ1n) is 19.4. The molecule has 11 nitrogen and oxygen atoms in total. The maximum atomic E-state index is 13.0. The van der Waals surface area contributed by atoms with Gasteiger partial charge in [-0.25, -0.2) is 0 Å². The minimum absolute atomic E-state index is 0.0686. The third kappa shape index (κ3) is 10.2. The number of carbonyl (C=O) groups excluding carboxylic acids is 1. The van der Waals surface area contributed by atoms with Gasteiger partial charge >= 0.3 is 0 Å². The fraction of sp³-hybridized carbons (Fsp3) is 0.523. The fourth-order valence-electron chi connectivity index (χ4n) is 7.58. The molecule has 4 aliphatic rings. The van der Waals surface area contributed by atoms with Crippen LogP contribution in [0, 0.1) is 0 Å². The Morgan fingerprint density at radius 2 is 1.18 bits per heavy atom. The molecule has 0 aliphatic carbocycles. The summed E-state index contributed by atoms with van der Waals surface area (Å²) in [7, 11) is 0. The van der Waals surface area contributed by atoms with E-state index in [1.165, 1.54) is 11.8 Å². The van der Waals surface area contributed by atoms with E-state index in [0.717, 1.165) is 16.7 Å². The number of hydrogen-bond acceptors (Lipinski definition) is 12. The number of ketones is 1. The van der Waals surface area contributed by atoms with Crippen LogP contribution < -0.4 is 0 Å². The lowest BCUT2D eigenvalue weighted by atomic mass is 9.99. The molecule has 0 radical (unpaired) electrons. The summed E-state index contributed by atoms with van der Waals surface area (Å²) >= 11 is 1.37. The molecule has 0 aromatic heterocycles. The second-order valence-electron chi connectivity index (χ2n) is 15.4. The van der Waals surface area contributed by atoms with Gasteiger partial charge in [0.2, 0.25) is 0 Å². The van der Waals surface area contributed by atoms with Gasteiger partial charge in [0, 0.05) is 4.91 Å². The van der Waals surface area contributed by atoms with Crippen LogP contribution in [-0.2, 0) is 72.0 Å². The largest absolute Gasteiger partial charge is 0.374 e. The van der Waals surface area contributed by atoms with E-state index < -0.39 is 72.1 Å². The van der Waals surface area contributed by atoms with Crippen molar-refractivity contribution in [3.05, 3.63) is 119 Å². The van der Waals surface area contributed by atoms with Crippen LogP contribution in [0.5, 0.6) is 0 Å². The van der Waals surface area contributed by atoms with Gasteiger partial charge in [-0.05, 0) is 58.2 Å². The molecule has 3 aromatic carbocycles. The van der Waals surface area contributed by atoms with Gasteiger partial charge in [0.1, 0.15) is 42.7 Å². The van der Waals surface area contributed by atoms with Crippen LogP contribution in [0.25, 0.3) is 0 Å². The van der Waals surface area contributed by atoms with Crippen molar-refractivity contribution in [1.82, 2.24) is 0 Å². The van der Waals surface area contributed by atoms with Crippen molar-refractivity contribution in [3.63, 3.8) is 0 Å². The molecule has 0 spiro atoms. The second-order valence-corrected chi connectivity index (χ2v) is 16.6. The Labute approximate surface area is 334 Å². The lowest BCUT2D eigenvalue weighted by Crippen LogP contribution is -2.61. The molecular formula is C44H54O11S. The molecular weight excluding hydrogens is 737 g/mol. The smallest absolute Gasteiger partial charge is 0.190 e. The molecule has 4 aliphatic heterocycles. The van der Waals surface area contributed by atoms with Crippen LogP contribution in [0.15, 0.2) is 102 Å². The van der Waals surface area contributed by atoms with E-state index in [4.69, 9.17) is 47.4 Å². The number of benzene rings is 3. The SMILES string of the molecule is C/C=C(\S[C@H]1[C@@H](OC[C@H]2O[C@@H]3OC(C)(C)O[C@@H]3[C@H]3OC(C)(C)O[C@H]32)O[C@H](COCc2ccccc2)[C@@H](OCc2ccccc2)[C@@H]1OCc1ccccc1)C(C)=O. The van der Waals surface area contributed by atoms with Crippen molar-refractivity contribution in [1.29, 1.82) is 0 Å². The Hall–Kier alpha value is -2.98. The summed E-state index contributed by atoms with van der Waals surface area (Å²) < 4.78 is 65.4. The molecule has 56 heavy (non-hydrogen) atoms. The standard InChI is InChI=1S/C44H54O11S/c1-7-34(28(2)45)56-40-38(48-25-31-21-15-10-16-22-31)35(47-24-30-19-13-9-14-20-30)32(26-46-23-29-17-11-8-12-18-29)51-42(40)49-27-33-36-37(53-43(3,4)52-36)39-41(50-33)55-44(5,6)54-39/h7-22,32-33,35-42H,23-27H2,1-6H3/b34-7-/t32-,33-,35-,36+,37+,38+,39-,40-,41-,42+/m1/s1. The highest BCUT2D eigenvalue weighted by Crippen LogP contribution is 2.45. The Kier molecular flexibility index (Phi) is 13.5. The molecule has 7 rings (SSSR count). The van der Waals surface area contributed by atoms with Crippen LogP contribution in [0.1, 0.15) is 58.2 Å². The van der Waals surface area contributed by atoms with Gasteiger partial charge in [0.05, 0.1) is 38.3 Å². The van der Waals surface area contributed by atoms with Crippen molar-refractivity contribution >= 4 is 17.5 Å². The van der Waals surface area contributed by atoms with Gasteiger partial charge < -0.3 is 47.4 Å². The molecule has 302 valence electrons. The summed E-state index contributed by atoms with van der Waals surface area (Å²) in [5.74, 6) is -1.80. The highest BCUT2D eigenvalue weighted by Gasteiger charge is 2.61. The highest BCUT2D eigenvalue weighted by atomic mass is 32.2. The predicted octanol–water partition coefficient (Wildman–Crippen LogP) is 7.11. The Morgan fingerprint density at radius 3 is 1.77 bits per heavy atom. The Morgan fingerprint density at radius 1 is 0.643 bits per heavy atom. The zero-order chi connectivity index (χ0) is 39.3. The Balaban J connectivity index is 1.20. The summed E-state index contributed by atoms with van der Waals surface area (Å²) in [6.45, 7) is 12.1. The maximum Gasteiger partial charge on any atom is 0.190 e. The monoisotopic (exact) mass is 790 g/mol. The van der Waals surface area contributed by atoms with Crippen molar-refractivity contribution in [3.8, 4) is 0 Å². The molecule has 10 atom stereocenters. The zero-order valence-electron chi connectivity index (χ0n) is 32.9. The number of carbonyl (C=O) groups is 1. The van der Waals surface area contributed by atoms with Crippen LogP contribution in [-0.4, -0.2) is 91.1 Å². The van der Waals surface area contributed by atoms with E-state index in [2.05, 4.69) is 0 Å². The molecule has 4 fully saturated rings. The van der Waals surface area contributed by atoms with Crippen molar-refractivity contribution < 1.29 is 52.2 Å². The molecule has 0 saturated carbocycles. The summed E-state index contributed by atoms with van der Waals surface area (Å²) in [5, 5.41) is -0.547. The molecule has 4 saturated heterocycles. The van der Waals surface area contributed by atoms with Crippen molar-refractivity contribution in [2.45, 2.75) is 133 Å². The minimum Gasteiger partial charge on any atom is -0.374 e. The van der Waals surface area contributed by atoms with E-state index in [0.29, 0.717) is 24.7 Å². The average molecular weight is 791 g/mol. The van der Waals surface area contributed by atoms with Gasteiger partial charge in [0.15, 0.2) is 29.9 Å². The predicted molar refractivity (Wildman–Crippen MR) is 209 cm³/mol. The number of allylic oxidation sites excluding steroid dienone is 2. The zero-order valence-corrected chi connectivity index (χ0v) is 33.8.